The molecular weight excluding hydrogens is 386 g/mol. The topological polar surface area (TPSA) is 86.0 Å². The van der Waals surface area contributed by atoms with Crippen LogP contribution in [0, 0.1) is 6.92 Å². The van der Waals surface area contributed by atoms with Gasteiger partial charge in [0, 0.05) is 23.9 Å². The van der Waals surface area contributed by atoms with Crippen molar-refractivity contribution in [3.8, 4) is 0 Å². The number of carbonyl (C=O) groups excluding carboxylic acids is 3. The van der Waals surface area contributed by atoms with E-state index in [4.69, 9.17) is 13.9 Å². The molecule has 4 rings (SSSR count). The van der Waals surface area contributed by atoms with Gasteiger partial charge in [-0.2, -0.15) is 0 Å². The molecule has 3 aromatic rings. The minimum Gasteiger partial charge on any atom is -0.467 e. The zero-order valence-electron chi connectivity index (χ0n) is 16.7. The number of hydrogen-bond donors (Lipinski definition) is 0. The molecule has 1 amide bonds. The van der Waals surface area contributed by atoms with Gasteiger partial charge in [-0.15, -0.1) is 0 Å². The van der Waals surface area contributed by atoms with Crippen LogP contribution >= 0.6 is 0 Å². The minimum absolute atomic E-state index is 0.0671. The highest BCUT2D eigenvalue weighted by Gasteiger charge is 2.35. The quantitative estimate of drug-likeness (QED) is 0.618. The fourth-order valence-corrected chi connectivity index (χ4v) is 3.78. The predicted octanol–water partition coefficient (Wildman–Crippen LogP) is 3.02. The van der Waals surface area contributed by atoms with E-state index >= 15 is 0 Å². The molecule has 2 aromatic carbocycles. The first-order valence-corrected chi connectivity index (χ1v) is 9.59. The summed E-state index contributed by atoms with van der Waals surface area (Å²) in [6, 6.07) is 14.1. The number of aryl methyl sites for hydroxylation is 1. The molecule has 0 aliphatic carbocycles. The van der Waals surface area contributed by atoms with E-state index in [1.807, 2.05) is 42.5 Å². The smallest absolute Gasteiger partial charge is 0.375 e. The van der Waals surface area contributed by atoms with Crippen molar-refractivity contribution in [2.24, 2.45) is 0 Å². The summed E-state index contributed by atoms with van der Waals surface area (Å²) in [5, 5.41) is 0.814. The second kappa shape index (κ2) is 8.02. The molecule has 7 heteroatoms. The van der Waals surface area contributed by atoms with Gasteiger partial charge in [-0.3, -0.25) is 4.79 Å². The Labute approximate surface area is 173 Å². The molecule has 0 fully saturated rings. The van der Waals surface area contributed by atoms with Gasteiger partial charge in [0.05, 0.1) is 7.11 Å². The Balaban J connectivity index is 1.50. The van der Waals surface area contributed by atoms with Crippen LogP contribution in [0.5, 0.6) is 0 Å². The Morgan fingerprint density at radius 2 is 1.77 bits per heavy atom. The van der Waals surface area contributed by atoms with Crippen LogP contribution in [0.4, 0.5) is 0 Å². The highest BCUT2D eigenvalue weighted by molar-refractivity contribution is 5.97. The van der Waals surface area contributed by atoms with Gasteiger partial charge in [-0.25, -0.2) is 9.59 Å². The summed E-state index contributed by atoms with van der Waals surface area (Å²) < 4.78 is 15.7. The zero-order valence-corrected chi connectivity index (χ0v) is 16.7. The van der Waals surface area contributed by atoms with Crippen molar-refractivity contribution in [1.29, 1.82) is 0 Å². The molecule has 7 nitrogen and oxygen atoms in total. The van der Waals surface area contributed by atoms with E-state index in [2.05, 4.69) is 0 Å². The summed E-state index contributed by atoms with van der Waals surface area (Å²) in [6.07, 6.45) is 0.352. The standard InChI is InChI=1S/C23H21NO6/c1-14-17-9-5-6-10-19(17)30-21(14)23(27)29-13-20(25)24-12-16-8-4-3-7-15(16)11-18(24)22(26)28-2/h3-10,18H,11-13H2,1-2H3/t18-/m0/s1. The molecule has 0 radical (unpaired) electrons. The van der Waals surface area contributed by atoms with E-state index in [9.17, 15) is 14.4 Å². The number of ether oxygens (including phenoxy) is 2. The second-order valence-electron chi connectivity index (χ2n) is 7.16. The first-order chi connectivity index (χ1) is 14.5. The molecule has 1 atom stereocenters. The summed E-state index contributed by atoms with van der Waals surface area (Å²) in [5.41, 5.74) is 3.17. The number of hydrogen-bond acceptors (Lipinski definition) is 6. The molecule has 30 heavy (non-hydrogen) atoms. The molecular formula is C23H21NO6. The number of nitrogens with zero attached hydrogens (tertiary/aromatic N) is 1. The molecule has 2 heterocycles. The Morgan fingerprint density at radius 3 is 2.50 bits per heavy atom. The Bertz CT molecular complexity index is 1130. The lowest BCUT2D eigenvalue weighted by atomic mass is 9.94. The fourth-order valence-electron chi connectivity index (χ4n) is 3.78. The lowest BCUT2D eigenvalue weighted by molar-refractivity contribution is -0.155. The van der Waals surface area contributed by atoms with Gasteiger partial charge < -0.3 is 18.8 Å². The lowest BCUT2D eigenvalue weighted by Gasteiger charge is -2.35. The van der Waals surface area contributed by atoms with Gasteiger partial charge in [-0.05, 0) is 24.1 Å². The average Bonchev–Trinajstić information content (AvgIpc) is 3.12. The van der Waals surface area contributed by atoms with Crippen molar-refractivity contribution in [2.45, 2.75) is 25.9 Å². The third-order valence-electron chi connectivity index (χ3n) is 5.40. The van der Waals surface area contributed by atoms with Crippen LogP contribution < -0.4 is 0 Å². The van der Waals surface area contributed by atoms with Gasteiger partial charge >= 0.3 is 11.9 Å². The van der Waals surface area contributed by atoms with Crippen molar-refractivity contribution < 1.29 is 28.3 Å². The number of amides is 1. The van der Waals surface area contributed by atoms with Crippen molar-refractivity contribution in [3.63, 3.8) is 0 Å². The van der Waals surface area contributed by atoms with Crippen LogP contribution in [0.1, 0.15) is 27.2 Å². The van der Waals surface area contributed by atoms with E-state index in [0.717, 1.165) is 16.5 Å². The SMILES string of the molecule is COC(=O)[C@@H]1Cc2ccccc2CN1C(=O)COC(=O)c1oc2ccccc2c1C. The maximum Gasteiger partial charge on any atom is 0.375 e. The Hall–Kier alpha value is -3.61. The predicted molar refractivity (Wildman–Crippen MR) is 108 cm³/mol. The van der Waals surface area contributed by atoms with E-state index in [1.54, 1.807) is 13.0 Å². The molecule has 154 valence electrons. The zero-order chi connectivity index (χ0) is 21.3. The van der Waals surface area contributed by atoms with E-state index in [0.29, 0.717) is 17.6 Å². The highest BCUT2D eigenvalue weighted by atomic mass is 16.5. The number of rotatable bonds is 4. The molecule has 1 aliphatic rings. The van der Waals surface area contributed by atoms with Crippen LogP contribution in [-0.2, 0) is 32.0 Å². The Morgan fingerprint density at radius 1 is 1.07 bits per heavy atom. The molecule has 0 saturated carbocycles. The molecule has 0 spiro atoms. The number of methoxy groups -OCH3 is 1. The molecule has 0 saturated heterocycles. The second-order valence-corrected chi connectivity index (χ2v) is 7.16. The lowest BCUT2D eigenvalue weighted by Crippen LogP contribution is -2.50. The minimum atomic E-state index is -0.760. The number of esters is 2. The molecule has 0 bridgehead atoms. The molecule has 0 unspecified atom stereocenters. The largest absolute Gasteiger partial charge is 0.467 e. The number of benzene rings is 2. The maximum absolute atomic E-state index is 12.8. The summed E-state index contributed by atoms with van der Waals surface area (Å²) in [6.45, 7) is 1.51. The summed E-state index contributed by atoms with van der Waals surface area (Å²) in [7, 11) is 1.29. The summed E-state index contributed by atoms with van der Waals surface area (Å²) >= 11 is 0. The normalized spacial score (nSPS) is 15.5. The van der Waals surface area contributed by atoms with E-state index in [-0.39, 0.29) is 12.3 Å². The molecule has 1 aromatic heterocycles. The first-order valence-electron chi connectivity index (χ1n) is 9.59. The number of furan rings is 1. The van der Waals surface area contributed by atoms with Crippen molar-refractivity contribution in [3.05, 3.63) is 71.0 Å². The van der Waals surface area contributed by atoms with Gasteiger partial charge in [0.15, 0.2) is 6.61 Å². The fraction of sp³-hybridized carbons (Fsp3) is 0.261. The number of carbonyl (C=O) groups is 3. The summed E-state index contributed by atoms with van der Waals surface area (Å²) in [5.74, 6) is -1.62. The van der Waals surface area contributed by atoms with Gasteiger partial charge in [0.1, 0.15) is 11.6 Å². The van der Waals surface area contributed by atoms with Gasteiger partial charge in [0.2, 0.25) is 5.76 Å². The van der Waals surface area contributed by atoms with Crippen LogP contribution in [0.15, 0.2) is 52.9 Å². The molecule has 1 aliphatic heterocycles. The Kier molecular flexibility index (Phi) is 5.27. The van der Waals surface area contributed by atoms with Gasteiger partial charge in [-0.1, -0.05) is 42.5 Å². The monoisotopic (exact) mass is 407 g/mol. The number of fused-ring (bicyclic) bond motifs is 2. The van der Waals surface area contributed by atoms with Crippen molar-refractivity contribution in [2.75, 3.05) is 13.7 Å². The van der Waals surface area contributed by atoms with Crippen LogP contribution in [0.2, 0.25) is 0 Å². The average molecular weight is 407 g/mol. The van der Waals surface area contributed by atoms with Crippen molar-refractivity contribution >= 4 is 28.8 Å². The summed E-state index contributed by atoms with van der Waals surface area (Å²) in [4.78, 5) is 39.0. The first kappa shape index (κ1) is 19.7. The highest BCUT2D eigenvalue weighted by Crippen LogP contribution is 2.26. The van der Waals surface area contributed by atoms with Crippen LogP contribution in [0.3, 0.4) is 0 Å². The third-order valence-corrected chi connectivity index (χ3v) is 5.40. The van der Waals surface area contributed by atoms with E-state index in [1.165, 1.54) is 12.0 Å². The van der Waals surface area contributed by atoms with Crippen molar-refractivity contribution in [1.82, 2.24) is 4.90 Å². The molecule has 0 N–H and O–H groups in total. The third kappa shape index (κ3) is 3.54. The number of para-hydroxylation sites is 1. The maximum atomic E-state index is 12.8. The van der Waals surface area contributed by atoms with Crippen LogP contribution in [-0.4, -0.2) is 42.5 Å². The van der Waals surface area contributed by atoms with E-state index < -0.39 is 30.5 Å². The van der Waals surface area contributed by atoms with Gasteiger partial charge in [0.25, 0.3) is 5.91 Å². The van der Waals surface area contributed by atoms with Crippen LogP contribution in [0.25, 0.3) is 11.0 Å².